The highest BCUT2D eigenvalue weighted by Gasteiger charge is 2.35. The van der Waals surface area contributed by atoms with E-state index < -0.39 is 27.6 Å². The van der Waals surface area contributed by atoms with Crippen molar-refractivity contribution in [2.24, 2.45) is 5.73 Å². The van der Waals surface area contributed by atoms with Crippen LogP contribution in [0.15, 0.2) is 54.7 Å². The van der Waals surface area contributed by atoms with E-state index in [4.69, 9.17) is 5.73 Å². The van der Waals surface area contributed by atoms with E-state index in [9.17, 15) is 21.6 Å². The van der Waals surface area contributed by atoms with Crippen LogP contribution in [0.5, 0.6) is 0 Å². The molecule has 0 unspecified atom stereocenters. The molecule has 0 aliphatic carbocycles. The number of alkyl halides is 3. The molecule has 4 N–H and O–H groups in total. The van der Waals surface area contributed by atoms with E-state index >= 15 is 0 Å². The molecule has 2 aromatic carbocycles. The number of anilines is 4. The molecule has 1 heterocycles. The van der Waals surface area contributed by atoms with Crippen molar-refractivity contribution in [3.63, 3.8) is 0 Å². The lowest BCUT2D eigenvalue weighted by Gasteiger charge is -2.18. The van der Waals surface area contributed by atoms with Gasteiger partial charge in [0.05, 0.1) is 11.9 Å². The first-order chi connectivity index (χ1) is 15.8. The number of nitrogens with one attached hydrogen (secondary N) is 2. The predicted octanol–water partition coefficient (Wildman–Crippen LogP) is 4.27. The molecule has 1 atom stereocenters. The topological polar surface area (TPSA) is 113 Å². The number of nitrogens with zero attached hydrogens (tertiary/aromatic N) is 3. The SMILES string of the molecule is C[C@H](N)c1ccc(Nc2ncc(C(F)(F)F)c(NCc3cccc(N(C)S(C)(=O)=O)c3)n2)cc1. The molecule has 182 valence electrons. The number of hydrogen-bond donors (Lipinski definition) is 3. The second kappa shape index (κ2) is 9.85. The first kappa shape index (κ1) is 25.2. The van der Waals surface area contributed by atoms with Crippen LogP contribution in [-0.2, 0) is 22.7 Å². The normalized spacial score (nSPS) is 12.8. The van der Waals surface area contributed by atoms with Crippen molar-refractivity contribution in [2.45, 2.75) is 25.7 Å². The number of nitrogens with two attached hydrogens (primary N) is 1. The van der Waals surface area contributed by atoms with Crippen molar-refractivity contribution in [3.05, 3.63) is 71.4 Å². The molecule has 0 saturated heterocycles. The zero-order valence-corrected chi connectivity index (χ0v) is 19.6. The molecule has 1 aromatic heterocycles. The quantitative estimate of drug-likeness (QED) is 0.429. The minimum atomic E-state index is -4.67. The number of rotatable bonds is 8. The Bertz CT molecular complexity index is 1250. The summed E-state index contributed by atoms with van der Waals surface area (Å²) in [4.78, 5) is 7.82. The van der Waals surface area contributed by atoms with Crippen molar-refractivity contribution < 1.29 is 21.6 Å². The molecule has 0 amide bonds. The summed E-state index contributed by atoms with van der Waals surface area (Å²) in [5.74, 6) is -0.423. The van der Waals surface area contributed by atoms with E-state index in [1.165, 1.54) is 7.05 Å². The molecule has 0 spiro atoms. The van der Waals surface area contributed by atoms with Gasteiger partial charge in [-0.05, 0) is 42.3 Å². The Morgan fingerprint density at radius 1 is 1.15 bits per heavy atom. The highest BCUT2D eigenvalue weighted by atomic mass is 32.2. The van der Waals surface area contributed by atoms with Crippen LogP contribution in [-0.4, -0.2) is 31.7 Å². The highest BCUT2D eigenvalue weighted by Crippen LogP contribution is 2.34. The number of sulfonamides is 1. The summed E-state index contributed by atoms with van der Waals surface area (Å²) in [6.07, 6.45) is -2.90. The van der Waals surface area contributed by atoms with Gasteiger partial charge >= 0.3 is 6.18 Å². The average Bonchev–Trinajstić information content (AvgIpc) is 2.76. The smallest absolute Gasteiger partial charge is 0.365 e. The summed E-state index contributed by atoms with van der Waals surface area (Å²) in [6, 6.07) is 13.4. The molecule has 0 radical (unpaired) electrons. The van der Waals surface area contributed by atoms with Crippen molar-refractivity contribution in [2.75, 3.05) is 28.2 Å². The fraction of sp³-hybridized carbons (Fsp3) is 0.273. The van der Waals surface area contributed by atoms with Crippen LogP contribution in [0.3, 0.4) is 0 Å². The van der Waals surface area contributed by atoms with E-state index in [-0.39, 0.29) is 18.5 Å². The van der Waals surface area contributed by atoms with Crippen molar-refractivity contribution >= 4 is 33.2 Å². The Balaban J connectivity index is 1.83. The van der Waals surface area contributed by atoms with Crippen LogP contribution in [0, 0.1) is 0 Å². The Morgan fingerprint density at radius 2 is 1.82 bits per heavy atom. The molecule has 0 aliphatic heterocycles. The summed E-state index contributed by atoms with van der Waals surface area (Å²) in [7, 11) is -2.08. The van der Waals surface area contributed by atoms with Gasteiger partial charge in [0.25, 0.3) is 0 Å². The molecule has 0 saturated carbocycles. The van der Waals surface area contributed by atoms with Crippen molar-refractivity contribution in [1.82, 2.24) is 9.97 Å². The summed E-state index contributed by atoms with van der Waals surface area (Å²) < 4.78 is 65.2. The third-order valence-electron chi connectivity index (χ3n) is 5.02. The van der Waals surface area contributed by atoms with Gasteiger partial charge in [0, 0.05) is 31.5 Å². The number of benzene rings is 2. The van der Waals surface area contributed by atoms with Gasteiger partial charge in [-0.15, -0.1) is 0 Å². The summed E-state index contributed by atoms with van der Waals surface area (Å²) in [5.41, 5.74) is 7.26. The van der Waals surface area contributed by atoms with E-state index in [0.717, 1.165) is 16.1 Å². The Morgan fingerprint density at radius 3 is 2.41 bits per heavy atom. The number of aromatic nitrogens is 2. The molecule has 34 heavy (non-hydrogen) atoms. The van der Waals surface area contributed by atoms with Gasteiger partial charge in [-0.3, -0.25) is 4.31 Å². The summed E-state index contributed by atoms with van der Waals surface area (Å²) in [5, 5.41) is 5.58. The lowest BCUT2D eigenvalue weighted by Crippen LogP contribution is -2.24. The first-order valence-electron chi connectivity index (χ1n) is 10.2. The van der Waals surface area contributed by atoms with Crippen LogP contribution >= 0.6 is 0 Å². The fourth-order valence-electron chi connectivity index (χ4n) is 3.02. The molecular formula is C22H25F3N6O2S. The second-order valence-corrected chi connectivity index (χ2v) is 9.76. The van der Waals surface area contributed by atoms with Gasteiger partial charge in [0.1, 0.15) is 11.4 Å². The zero-order chi connectivity index (χ0) is 25.1. The van der Waals surface area contributed by atoms with Crippen molar-refractivity contribution in [1.29, 1.82) is 0 Å². The molecule has 0 aliphatic rings. The van der Waals surface area contributed by atoms with E-state index in [2.05, 4.69) is 20.6 Å². The first-order valence-corrected chi connectivity index (χ1v) is 12.0. The number of hydrogen-bond acceptors (Lipinski definition) is 7. The fourth-order valence-corrected chi connectivity index (χ4v) is 3.52. The third-order valence-corrected chi connectivity index (χ3v) is 6.22. The molecule has 3 rings (SSSR count). The van der Waals surface area contributed by atoms with Gasteiger partial charge in [-0.2, -0.15) is 18.2 Å². The largest absolute Gasteiger partial charge is 0.421 e. The third kappa shape index (κ3) is 6.35. The van der Waals surface area contributed by atoms with Gasteiger partial charge in [-0.25, -0.2) is 13.4 Å². The molecule has 12 heteroatoms. The predicted molar refractivity (Wildman–Crippen MR) is 126 cm³/mol. The second-order valence-electron chi connectivity index (χ2n) is 7.74. The minimum absolute atomic E-state index is 0.0189. The summed E-state index contributed by atoms with van der Waals surface area (Å²) in [6.45, 7) is 1.82. The van der Waals surface area contributed by atoms with Crippen LogP contribution in [0.4, 0.5) is 36.3 Å². The van der Waals surface area contributed by atoms with Crippen LogP contribution in [0.2, 0.25) is 0 Å². The van der Waals surface area contributed by atoms with Gasteiger partial charge in [0.2, 0.25) is 16.0 Å². The lowest BCUT2D eigenvalue weighted by atomic mass is 10.1. The van der Waals surface area contributed by atoms with Gasteiger partial charge in [-0.1, -0.05) is 24.3 Å². The van der Waals surface area contributed by atoms with Crippen LogP contribution < -0.4 is 20.7 Å². The van der Waals surface area contributed by atoms with Gasteiger partial charge < -0.3 is 16.4 Å². The van der Waals surface area contributed by atoms with Crippen LogP contribution in [0.25, 0.3) is 0 Å². The van der Waals surface area contributed by atoms with E-state index in [0.29, 0.717) is 23.1 Å². The minimum Gasteiger partial charge on any atom is -0.365 e. The monoisotopic (exact) mass is 494 g/mol. The molecule has 8 nitrogen and oxygen atoms in total. The average molecular weight is 495 g/mol. The molecule has 0 fully saturated rings. The maximum atomic E-state index is 13.5. The van der Waals surface area contributed by atoms with Crippen molar-refractivity contribution in [3.8, 4) is 0 Å². The van der Waals surface area contributed by atoms with E-state index in [1.807, 2.05) is 6.92 Å². The maximum Gasteiger partial charge on any atom is 0.421 e. The Labute approximate surface area is 196 Å². The Hall–Kier alpha value is -3.38. The molecular weight excluding hydrogens is 469 g/mol. The standard InChI is InChI=1S/C22H25F3N6O2S/c1-14(26)16-7-9-17(10-8-16)29-21-28-13-19(22(23,24)25)20(30-21)27-12-15-5-4-6-18(11-15)31(2)34(3,32)33/h4-11,13-14H,12,26H2,1-3H3,(H2,27,28,29,30)/t14-/m0/s1. The summed E-state index contributed by atoms with van der Waals surface area (Å²) >= 11 is 0. The van der Waals surface area contributed by atoms with Gasteiger partial charge in [0.15, 0.2) is 0 Å². The maximum absolute atomic E-state index is 13.5. The lowest BCUT2D eigenvalue weighted by molar-refractivity contribution is -0.137. The Kier molecular flexibility index (Phi) is 7.32. The van der Waals surface area contributed by atoms with E-state index in [1.54, 1.807) is 48.5 Å². The molecule has 0 bridgehead atoms. The number of halogens is 3. The van der Waals surface area contributed by atoms with Crippen LogP contribution in [0.1, 0.15) is 29.7 Å². The highest BCUT2D eigenvalue weighted by molar-refractivity contribution is 7.92. The zero-order valence-electron chi connectivity index (χ0n) is 18.8. The molecule has 3 aromatic rings.